The zero-order valence-electron chi connectivity index (χ0n) is 13.4. The van der Waals surface area contributed by atoms with Gasteiger partial charge in [0, 0.05) is 4.88 Å². The average Bonchev–Trinajstić information content (AvgIpc) is 2.83. The van der Waals surface area contributed by atoms with E-state index >= 15 is 0 Å². The quantitative estimate of drug-likeness (QED) is 0.842. The monoisotopic (exact) mass is 310 g/mol. The maximum absolute atomic E-state index is 11.5. The summed E-state index contributed by atoms with van der Waals surface area (Å²) in [6.07, 6.45) is 5.90. The number of thiophene rings is 1. The van der Waals surface area contributed by atoms with Crippen LogP contribution in [0.1, 0.15) is 74.3 Å². The average molecular weight is 310 g/mol. The zero-order chi connectivity index (χ0) is 15.6. The summed E-state index contributed by atoms with van der Waals surface area (Å²) in [7, 11) is 0. The first kappa shape index (κ1) is 16.3. The number of aromatic carboxylic acids is 1. The van der Waals surface area contributed by atoms with E-state index in [9.17, 15) is 9.90 Å². The molecule has 0 radical (unpaired) electrons. The Hall–Kier alpha value is -1.03. The largest absolute Gasteiger partial charge is 0.489 e. The summed E-state index contributed by atoms with van der Waals surface area (Å²) in [6.45, 7) is 8.52. The topological polar surface area (TPSA) is 46.5 Å². The van der Waals surface area contributed by atoms with Crippen LogP contribution in [0.3, 0.4) is 0 Å². The summed E-state index contributed by atoms with van der Waals surface area (Å²) in [4.78, 5) is 12.9. The Balaban J connectivity index is 2.18. The van der Waals surface area contributed by atoms with Crippen molar-refractivity contribution >= 4 is 17.3 Å². The third kappa shape index (κ3) is 4.00. The van der Waals surface area contributed by atoms with Gasteiger partial charge in [0.1, 0.15) is 5.75 Å². The van der Waals surface area contributed by atoms with E-state index in [-0.39, 0.29) is 11.5 Å². The predicted molar refractivity (Wildman–Crippen MR) is 86.6 cm³/mol. The van der Waals surface area contributed by atoms with E-state index in [0.29, 0.717) is 10.6 Å². The van der Waals surface area contributed by atoms with E-state index in [1.807, 2.05) is 6.07 Å². The van der Waals surface area contributed by atoms with Gasteiger partial charge in [0.05, 0.1) is 6.10 Å². The molecule has 0 saturated heterocycles. The van der Waals surface area contributed by atoms with Crippen LogP contribution in [0.5, 0.6) is 5.75 Å². The molecule has 0 aliphatic heterocycles. The van der Waals surface area contributed by atoms with Crippen LogP contribution < -0.4 is 4.74 Å². The molecule has 2 atom stereocenters. The Bertz CT molecular complexity index is 499. The molecule has 21 heavy (non-hydrogen) atoms. The van der Waals surface area contributed by atoms with Crippen molar-refractivity contribution in [2.24, 2.45) is 5.92 Å². The van der Waals surface area contributed by atoms with Crippen molar-refractivity contribution in [2.75, 3.05) is 0 Å². The second kappa shape index (κ2) is 6.39. The second-order valence-corrected chi connectivity index (χ2v) is 8.09. The van der Waals surface area contributed by atoms with Gasteiger partial charge in [-0.25, -0.2) is 4.79 Å². The van der Waals surface area contributed by atoms with Crippen LogP contribution in [0.2, 0.25) is 0 Å². The van der Waals surface area contributed by atoms with Gasteiger partial charge in [-0.2, -0.15) is 0 Å². The van der Waals surface area contributed by atoms with Crippen LogP contribution >= 0.6 is 11.3 Å². The lowest BCUT2D eigenvalue weighted by atomic mass is 9.85. The summed E-state index contributed by atoms with van der Waals surface area (Å²) >= 11 is 1.35. The fraction of sp³-hybridized carbons (Fsp3) is 0.706. The molecule has 1 N–H and O–H groups in total. The Morgan fingerprint density at radius 1 is 1.43 bits per heavy atom. The molecular formula is C17H26O3S. The number of carboxylic acid groups (broad SMARTS) is 1. The molecule has 1 aromatic heterocycles. The molecule has 1 aliphatic carbocycles. The minimum absolute atomic E-state index is 0.0466. The van der Waals surface area contributed by atoms with Crippen LogP contribution in [0, 0.1) is 5.92 Å². The highest BCUT2D eigenvalue weighted by Crippen LogP contribution is 2.39. The molecule has 1 aromatic rings. The lowest BCUT2D eigenvalue weighted by Crippen LogP contribution is -2.25. The molecule has 4 heteroatoms. The van der Waals surface area contributed by atoms with Crippen LogP contribution in [0.15, 0.2) is 6.07 Å². The van der Waals surface area contributed by atoms with Gasteiger partial charge in [0.15, 0.2) is 4.88 Å². The predicted octanol–water partition coefficient (Wildman–Crippen LogP) is 5.09. The van der Waals surface area contributed by atoms with Gasteiger partial charge in [-0.3, -0.25) is 0 Å². The minimum atomic E-state index is -0.881. The fourth-order valence-electron chi connectivity index (χ4n) is 2.88. The van der Waals surface area contributed by atoms with Gasteiger partial charge in [0.25, 0.3) is 0 Å². The normalized spacial score (nSPS) is 23.0. The van der Waals surface area contributed by atoms with Crippen molar-refractivity contribution in [3.05, 3.63) is 15.8 Å². The standard InChI is InChI=1S/C17H26O3S/c1-5-11-7-6-8-12(9-11)20-13-10-14(17(2,3)4)21-15(13)16(18)19/h10-12H,5-9H2,1-4H3,(H,18,19). The van der Waals surface area contributed by atoms with E-state index in [0.717, 1.165) is 23.6 Å². The van der Waals surface area contributed by atoms with Crippen molar-refractivity contribution in [1.29, 1.82) is 0 Å². The molecule has 2 rings (SSSR count). The highest BCUT2D eigenvalue weighted by molar-refractivity contribution is 7.14. The Morgan fingerprint density at radius 3 is 2.71 bits per heavy atom. The highest BCUT2D eigenvalue weighted by atomic mass is 32.1. The van der Waals surface area contributed by atoms with Crippen LogP contribution in [-0.4, -0.2) is 17.2 Å². The van der Waals surface area contributed by atoms with E-state index in [4.69, 9.17) is 4.74 Å². The van der Waals surface area contributed by atoms with E-state index < -0.39 is 5.97 Å². The van der Waals surface area contributed by atoms with Crippen molar-refractivity contribution in [2.45, 2.75) is 71.3 Å². The van der Waals surface area contributed by atoms with Gasteiger partial charge in [-0.1, -0.05) is 40.5 Å². The first-order valence-corrected chi connectivity index (χ1v) is 8.67. The molecule has 3 nitrogen and oxygen atoms in total. The van der Waals surface area contributed by atoms with Crippen molar-refractivity contribution in [3.8, 4) is 5.75 Å². The summed E-state index contributed by atoms with van der Waals surface area (Å²) < 4.78 is 6.09. The summed E-state index contributed by atoms with van der Waals surface area (Å²) in [6, 6.07) is 1.93. The van der Waals surface area contributed by atoms with E-state index in [1.165, 1.54) is 30.6 Å². The van der Waals surface area contributed by atoms with E-state index in [2.05, 4.69) is 27.7 Å². The molecule has 1 heterocycles. The number of hydrogen-bond acceptors (Lipinski definition) is 3. The Morgan fingerprint density at radius 2 is 2.14 bits per heavy atom. The molecular weight excluding hydrogens is 284 g/mol. The first-order valence-electron chi connectivity index (χ1n) is 7.85. The van der Waals surface area contributed by atoms with Crippen molar-refractivity contribution < 1.29 is 14.6 Å². The maximum Gasteiger partial charge on any atom is 0.349 e. The molecule has 1 aliphatic rings. The Kier molecular flexibility index (Phi) is 4.97. The molecule has 1 saturated carbocycles. The number of carbonyl (C=O) groups is 1. The van der Waals surface area contributed by atoms with E-state index in [1.54, 1.807) is 0 Å². The fourth-order valence-corrected chi connectivity index (χ4v) is 3.87. The zero-order valence-corrected chi connectivity index (χ0v) is 14.3. The van der Waals surface area contributed by atoms with Crippen LogP contribution in [0.4, 0.5) is 0 Å². The smallest absolute Gasteiger partial charge is 0.349 e. The molecule has 0 amide bonds. The molecule has 0 bridgehead atoms. The summed E-state index contributed by atoms with van der Waals surface area (Å²) in [5.74, 6) is 0.408. The van der Waals surface area contributed by atoms with Gasteiger partial charge in [-0.05, 0) is 36.7 Å². The second-order valence-electron chi connectivity index (χ2n) is 7.04. The molecule has 118 valence electrons. The molecule has 0 aromatic carbocycles. The van der Waals surface area contributed by atoms with Crippen LogP contribution in [0.25, 0.3) is 0 Å². The van der Waals surface area contributed by atoms with Crippen molar-refractivity contribution in [1.82, 2.24) is 0 Å². The minimum Gasteiger partial charge on any atom is -0.489 e. The van der Waals surface area contributed by atoms with Gasteiger partial charge < -0.3 is 9.84 Å². The van der Waals surface area contributed by atoms with Crippen LogP contribution in [-0.2, 0) is 5.41 Å². The molecule has 1 fully saturated rings. The number of ether oxygens (including phenoxy) is 1. The third-order valence-corrected chi connectivity index (χ3v) is 5.77. The molecule has 2 unspecified atom stereocenters. The van der Waals surface area contributed by atoms with Gasteiger partial charge >= 0.3 is 5.97 Å². The SMILES string of the molecule is CCC1CCCC(Oc2cc(C(C)(C)C)sc2C(=O)O)C1. The van der Waals surface area contributed by atoms with Gasteiger partial charge in [-0.15, -0.1) is 11.3 Å². The number of rotatable bonds is 4. The molecule has 0 spiro atoms. The Labute approximate surface area is 131 Å². The third-order valence-electron chi connectivity index (χ3n) is 4.24. The summed E-state index contributed by atoms with van der Waals surface area (Å²) in [5, 5.41) is 9.40. The maximum atomic E-state index is 11.5. The van der Waals surface area contributed by atoms with Crippen molar-refractivity contribution in [3.63, 3.8) is 0 Å². The lowest BCUT2D eigenvalue weighted by molar-refractivity contribution is 0.0689. The van der Waals surface area contributed by atoms with Gasteiger partial charge in [0.2, 0.25) is 0 Å². The summed E-state index contributed by atoms with van der Waals surface area (Å²) in [5.41, 5.74) is -0.0466. The lowest BCUT2D eigenvalue weighted by Gasteiger charge is -2.28. The number of carboxylic acids is 1. The first-order chi connectivity index (χ1) is 9.81. The number of hydrogen-bond donors (Lipinski definition) is 1. The highest BCUT2D eigenvalue weighted by Gasteiger charge is 2.27.